The van der Waals surface area contributed by atoms with Gasteiger partial charge in [-0.15, -0.1) is 0 Å². The third-order valence-corrected chi connectivity index (χ3v) is 6.22. The van der Waals surface area contributed by atoms with Gasteiger partial charge in [-0.2, -0.15) is 0 Å². The molecule has 1 amide bonds. The topological polar surface area (TPSA) is 59.1 Å². The van der Waals surface area contributed by atoms with Gasteiger partial charge in [0.25, 0.3) is 5.91 Å². The fourth-order valence-corrected chi connectivity index (χ4v) is 4.53. The van der Waals surface area contributed by atoms with E-state index in [4.69, 9.17) is 9.47 Å². The van der Waals surface area contributed by atoms with Crippen molar-refractivity contribution in [2.45, 2.75) is 38.3 Å². The minimum absolute atomic E-state index is 0.101. The number of methoxy groups -OCH3 is 1. The third-order valence-electron chi connectivity index (χ3n) is 6.22. The van der Waals surface area contributed by atoms with Gasteiger partial charge in [0.2, 0.25) is 0 Å². The maximum absolute atomic E-state index is 13.1. The molecule has 0 aromatic heterocycles. The van der Waals surface area contributed by atoms with Crippen LogP contribution in [0.5, 0.6) is 5.75 Å². The average molecular weight is 423 g/mol. The number of likely N-dealkylation sites (tertiary alicyclic amines) is 2. The van der Waals surface area contributed by atoms with Crippen LogP contribution in [0.25, 0.3) is 0 Å². The molecule has 0 aliphatic carbocycles. The van der Waals surface area contributed by atoms with E-state index < -0.39 is 0 Å². The van der Waals surface area contributed by atoms with Crippen LogP contribution in [-0.4, -0.2) is 61.0 Å². The first-order chi connectivity index (χ1) is 15.2. The summed E-state index contributed by atoms with van der Waals surface area (Å²) >= 11 is 0. The van der Waals surface area contributed by atoms with Crippen LogP contribution in [0, 0.1) is 0 Å². The van der Waals surface area contributed by atoms with E-state index in [1.807, 2.05) is 41.3 Å². The predicted octanol–water partition coefficient (Wildman–Crippen LogP) is 3.75. The molecule has 2 aromatic carbocycles. The van der Waals surface area contributed by atoms with Crippen LogP contribution >= 0.6 is 0 Å². The summed E-state index contributed by atoms with van der Waals surface area (Å²) in [6, 6.07) is 14.8. The van der Waals surface area contributed by atoms with Gasteiger partial charge in [0.1, 0.15) is 12.4 Å². The van der Waals surface area contributed by atoms with E-state index in [-0.39, 0.29) is 18.5 Å². The highest BCUT2D eigenvalue weighted by molar-refractivity contribution is 5.94. The molecule has 0 N–H and O–H groups in total. The molecule has 31 heavy (non-hydrogen) atoms. The Labute approximate surface area is 183 Å². The zero-order valence-electron chi connectivity index (χ0n) is 18.1. The van der Waals surface area contributed by atoms with Crippen LogP contribution in [0.3, 0.4) is 0 Å². The van der Waals surface area contributed by atoms with Crippen molar-refractivity contribution in [2.75, 3.05) is 33.3 Å². The molecule has 2 aliphatic rings. The lowest BCUT2D eigenvalue weighted by atomic mass is 10.1. The molecular weight excluding hydrogens is 392 g/mol. The predicted molar refractivity (Wildman–Crippen MR) is 118 cm³/mol. The minimum atomic E-state index is -0.380. The molecule has 2 heterocycles. The molecule has 0 spiro atoms. The Morgan fingerprint density at radius 1 is 0.968 bits per heavy atom. The Morgan fingerprint density at radius 3 is 2.45 bits per heavy atom. The van der Waals surface area contributed by atoms with Gasteiger partial charge in [0.05, 0.1) is 12.7 Å². The summed E-state index contributed by atoms with van der Waals surface area (Å²) in [6.45, 7) is 4.39. The number of amides is 1. The molecule has 2 aliphatic heterocycles. The second kappa shape index (κ2) is 9.96. The van der Waals surface area contributed by atoms with Gasteiger partial charge in [-0.05, 0) is 69.1 Å². The quantitative estimate of drug-likeness (QED) is 0.636. The van der Waals surface area contributed by atoms with Gasteiger partial charge < -0.3 is 19.3 Å². The van der Waals surface area contributed by atoms with Crippen LogP contribution in [0.2, 0.25) is 0 Å². The number of nitrogens with zero attached hydrogens (tertiary/aromatic N) is 2. The number of ether oxygens (including phenoxy) is 2. The summed E-state index contributed by atoms with van der Waals surface area (Å²) in [4.78, 5) is 29.5. The van der Waals surface area contributed by atoms with E-state index in [1.54, 1.807) is 12.1 Å². The maximum Gasteiger partial charge on any atom is 0.338 e. The van der Waals surface area contributed by atoms with Crippen molar-refractivity contribution in [3.05, 3.63) is 65.2 Å². The summed E-state index contributed by atoms with van der Waals surface area (Å²) in [7, 11) is 1.37. The average Bonchev–Trinajstić information content (AvgIpc) is 3.50. The second-order valence-corrected chi connectivity index (χ2v) is 8.26. The molecule has 164 valence electrons. The highest BCUT2D eigenvalue weighted by Gasteiger charge is 2.31. The monoisotopic (exact) mass is 422 g/mol. The highest BCUT2D eigenvalue weighted by Crippen LogP contribution is 2.24. The first-order valence-electron chi connectivity index (χ1n) is 11.1. The van der Waals surface area contributed by atoms with E-state index in [0.29, 0.717) is 22.9 Å². The molecule has 2 saturated heterocycles. The fourth-order valence-electron chi connectivity index (χ4n) is 4.53. The van der Waals surface area contributed by atoms with E-state index in [2.05, 4.69) is 4.90 Å². The van der Waals surface area contributed by atoms with Gasteiger partial charge in [-0.1, -0.05) is 18.2 Å². The maximum atomic E-state index is 13.1. The van der Waals surface area contributed by atoms with Crippen LogP contribution in [-0.2, 0) is 11.3 Å². The van der Waals surface area contributed by atoms with Gasteiger partial charge in [0.15, 0.2) is 0 Å². The fraction of sp³-hybridized carbons (Fsp3) is 0.440. The van der Waals surface area contributed by atoms with Crippen molar-refractivity contribution < 1.29 is 19.1 Å². The number of carbonyl (C=O) groups excluding carboxylic acids is 2. The van der Waals surface area contributed by atoms with E-state index >= 15 is 0 Å². The van der Waals surface area contributed by atoms with Gasteiger partial charge >= 0.3 is 5.97 Å². The van der Waals surface area contributed by atoms with E-state index in [1.165, 1.54) is 20.0 Å². The van der Waals surface area contributed by atoms with Crippen LogP contribution < -0.4 is 4.74 Å². The van der Waals surface area contributed by atoms with Gasteiger partial charge in [-0.25, -0.2) is 4.79 Å². The molecule has 0 saturated carbocycles. The zero-order valence-corrected chi connectivity index (χ0v) is 18.1. The summed E-state index contributed by atoms with van der Waals surface area (Å²) in [6.07, 6.45) is 4.70. The SMILES string of the molecule is COC(=O)c1ccccc1COc1ccc(C(=O)N2CCC[C@H]2CN2CCCC2)cc1. The second-order valence-electron chi connectivity index (χ2n) is 8.26. The Morgan fingerprint density at radius 2 is 1.71 bits per heavy atom. The molecule has 2 aromatic rings. The van der Waals surface area contributed by atoms with Gasteiger partial charge in [0, 0.05) is 30.3 Å². The van der Waals surface area contributed by atoms with E-state index in [0.717, 1.165) is 44.6 Å². The third kappa shape index (κ3) is 5.07. The van der Waals surface area contributed by atoms with Crippen molar-refractivity contribution in [3.63, 3.8) is 0 Å². The number of rotatable bonds is 7. The molecule has 6 heteroatoms. The summed E-state index contributed by atoms with van der Waals surface area (Å²) in [5, 5.41) is 0. The summed E-state index contributed by atoms with van der Waals surface area (Å²) in [5.74, 6) is 0.379. The lowest BCUT2D eigenvalue weighted by molar-refractivity contribution is 0.0597. The lowest BCUT2D eigenvalue weighted by Crippen LogP contribution is -2.42. The van der Waals surface area contributed by atoms with Crippen LogP contribution in [0.15, 0.2) is 48.5 Å². The molecule has 2 fully saturated rings. The largest absolute Gasteiger partial charge is 0.489 e. The Kier molecular flexibility index (Phi) is 6.87. The molecule has 4 rings (SSSR count). The molecule has 0 radical (unpaired) electrons. The van der Waals surface area contributed by atoms with Crippen molar-refractivity contribution in [2.24, 2.45) is 0 Å². The van der Waals surface area contributed by atoms with E-state index in [9.17, 15) is 9.59 Å². The zero-order chi connectivity index (χ0) is 21.6. The van der Waals surface area contributed by atoms with Crippen molar-refractivity contribution in [1.29, 1.82) is 0 Å². The smallest absolute Gasteiger partial charge is 0.338 e. The molecule has 0 bridgehead atoms. The number of benzene rings is 2. The molecule has 0 unspecified atom stereocenters. The van der Waals surface area contributed by atoms with Crippen molar-refractivity contribution in [1.82, 2.24) is 9.80 Å². The number of carbonyl (C=O) groups is 2. The highest BCUT2D eigenvalue weighted by atomic mass is 16.5. The normalized spacial score (nSPS) is 18.9. The van der Waals surface area contributed by atoms with Crippen molar-refractivity contribution >= 4 is 11.9 Å². The minimum Gasteiger partial charge on any atom is -0.489 e. The molecule has 6 nitrogen and oxygen atoms in total. The number of esters is 1. The Hall–Kier alpha value is -2.86. The van der Waals surface area contributed by atoms with Crippen LogP contribution in [0.4, 0.5) is 0 Å². The first-order valence-corrected chi connectivity index (χ1v) is 11.1. The lowest BCUT2D eigenvalue weighted by Gasteiger charge is -2.28. The summed E-state index contributed by atoms with van der Waals surface area (Å²) < 4.78 is 10.7. The molecular formula is C25H30N2O4. The Balaban J connectivity index is 1.37. The molecule has 1 atom stereocenters. The summed E-state index contributed by atoms with van der Waals surface area (Å²) in [5.41, 5.74) is 1.95. The number of hydrogen-bond acceptors (Lipinski definition) is 5. The van der Waals surface area contributed by atoms with Crippen molar-refractivity contribution in [3.8, 4) is 5.75 Å². The van der Waals surface area contributed by atoms with Crippen LogP contribution in [0.1, 0.15) is 52.0 Å². The van der Waals surface area contributed by atoms with Gasteiger partial charge in [-0.3, -0.25) is 4.79 Å². The standard InChI is InChI=1S/C25H30N2O4/c1-30-25(29)23-9-3-2-7-20(23)18-31-22-12-10-19(11-13-22)24(28)27-16-6-8-21(27)17-26-14-4-5-15-26/h2-3,7,9-13,21H,4-6,8,14-18H2,1H3/t21-/m0/s1. The number of hydrogen-bond donors (Lipinski definition) is 0. The first kappa shape index (κ1) is 21.4. The Bertz CT molecular complexity index is 906.